The van der Waals surface area contributed by atoms with E-state index in [0.717, 1.165) is 10.4 Å². The van der Waals surface area contributed by atoms with Gasteiger partial charge in [0.1, 0.15) is 0 Å². The van der Waals surface area contributed by atoms with Crippen molar-refractivity contribution in [2.75, 3.05) is 18.0 Å². The summed E-state index contributed by atoms with van der Waals surface area (Å²) in [5.41, 5.74) is 1.49. The van der Waals surface area contributed by atoms with Crippen molar-refractivity contribution < 1.29 is 15.1 Å². The third kappa shape index (κ3) is 3.43. The van der Waals surface area contributed by atoms with E-state index in [-0.39, 0.29) is 11.6 Å². The summed E-state index contributed by atoms with van der Waals surface area (Å²) in [5, 5.41) is 19.3. The molecular formula is C17H19N3O3. The van der Waals surface area contributed by atoms with E-state index in [1.165, 1.54) is 6.20 Å². The van der Waals surface area contributed by atoms with Crippen molar-refractivity contribution in [3.8, 4) is 0 Å². The number of anilines is 1. The fraction of sp³-hybridized carbons (Fsp3) is 0.294. The molecule has 2 N–H and O–H groups in total. The molecule has 1 aliphatic heterocycles. The third-order valence-corrected chi connectivity index (χ3v) is 3.97. The Balaban J connectivity index is 1.93. The molecule has 6 nitrogen and oxygen atoms in total. The van der Waals surface area contributed by atoms with Crippen molar-refractivity contribution in [2.24, 2.45) is 4.99 Å². The summed E-state index contributed by atoms with van der Waals surface area (Å²) in [5.74, 6) is -0.402. The first-order valence-corrected chi connectivity index (χ1v) is 7.63. The van der Waals surface area contributed by atoms with Crippen LogP contribution in [0.5, 0.6) is 0 Å². The normalized spacial score (nSPS) is 16.6. The van der Waals surface area contributed by atoms with E-state index in [1.807, 2.05) is 12.1 Å². The van der Waals surface area contributed by atoms with Crippen molar-refractivity contribution >= 4 is 11.6 Å². The molecule has 1 aromatic heterocycles. The summed E-state index contributed by atoms with van der Waals surface area (Å²) in [4.78, 5) is 18.6. The predicted octanol–water partition coefficient (Wildman–Crippen LogP) is 1.43. The van der Waals surface area contributed by atoms with E-state index in [4.69, 9.17) is 0 Å². The number of aliphatic hydroxyl groups excluding tert-OH is 1. The van der Waals surface area contributed by atoms with E-state index in [9.17, 15) is 15.1 Å². The Morgan fingerprint density at radius 3 is 2.52 bits per heavy atom. The fourth-order valence-electron chi connectivity index (χ4n) is 2.72. The number of carbonyl (C=O) groups is 1. The lowest BCUT2D eigenvalue weighted by molar-refractivity contribution is 0.0988. The zero-order valence-corrected chi connectivity index (χ0v) is 12.7. The number of hydrogen-bond acceptors (Lipinski definition) is 4. The van der Waals surface area contributed by atoms with Gasteiger partial charge in [0.2, 0.25) is 0 Å². The minimum atomic E-state index is -0.402. The standard InChI is InChI=1S/C17H19N3O3/c21-13-8-11-19(12-9-13)15-6-2-1-5-14(15)17(22)18-16-7-3-4-10-20(16)23/h1-7,10,13,21,23H,8-9,11-12H2. The summed E-state index contributed by atoms with van der Waals surface area (Å²) in [6, 6.07) is 12.2. The van der Waals surface area contributed by atoms with Gasteiger partial charge in [0, 0.05) is 25.0 Å². The lowest BCUT2D eigenvalue weighted by Gasteiger charge is -2.32. The minimum absolute atomic E-state index is 0.182. The SMILES string of the molecule is O=C(N=c1ccccn1O)c1ccccc1N1CCC(O)CC1. The van der Waals surface area contributed by atoms with Crippen LogP contribution in [0, 0.1) is 0 Å². The van der Waals surface area contributed by atoms with E-state index in [1.54, 1.807) is 30.3 Å². The molecule has 1 saturated heterocycles. The molecular weight excluding hydrogens is 294 g/mol. The highest BCUT2D eigenvalue weighted by Gasteiger charge is 2.21. The Bertz CT molecular complexity index is 761. The number of rotatable bonds is 2. The highest BCUT2D eigenvalue weighted by molar-refractivity contribution is 6.00. The Hall–Kier alpha value is -2.60. The molecule has 120 valence electrons. The Kier molecular flexibility index (Phi) is 4.43. The van der Waals surface area contributed by atoms with Crippen LogP contribution in [0.4, 0.5) is 5.69 Å². The van der Waals surface area contributed by atoms with Crippen LogP contribution in [0.15, 0.2) is 53.7 Å². The highest BCUT2D eigenvalue weighted by atomic mass is 16.5. The maximum absolute atomic E-state index is 12.5. The molecule has 0 aliphatic carbocycles. The highest BCUT2D eigenvalue weighted by Crippen LogP contribution is 2.24. The number of para-hydroxylation sites is 1. The van der Waals surface area contributed by atoms with Gasteiger partial charge < -0.3 is 15.2 Å². The van der Waals surface area contributed by atoms with Gasteiger partial charge in [-0.15, -0.1) is 0 Å². The van der Waals surface area contributed by atoms with Gasteiger partial charge in [-0.3, -0.25) is 4.79 Å². The molecule has 1 amide bonds. The van der Waals surface area contributed by atoms with Crippen LogP contribution in [0.2, 0.25) is 0 Å². The van der Waals surface area contributed by atoms with Crippen molar-refractivity contribution in [1.82, 2.24) is 4.73 Å². The number of pyridine rings is 1. The third-order valence-electron chi connectivity index (χ3n) is 3.97. The first-order chi connectivity index (χ1) is 11.1. The van der Waals surface area contributed by atoms with Gasteiger partial charge in [-0.2, -0.15) is 9.72 Å². The number of hydrogen-bond donors (Lipinski definition) is 2. The molecule has 0 spiro atoms. The quantitative estimate of drug-likeness (QED) is 0.822. The van der Waals surface area contributed by atoms with Crippen LogP contribution in [0.25, 0.3) is 0 Å². The van der Waals surface area contributed by atoms with Crippen LogP contribution in [-0.4, -0.2) is 40.1 Å². The maximum Gasteiger partial charge on any atom is 0.281 e. The number of nitrogens with zero attached hydrogens (tertiary/aromatic N) is 3. The van der Waals surface area contributed by atoms with Crippen LogP contribution < -0.4 is 10.4 Å². The van der Waals surface area contributed by atoms with Crippen molar-refractivity contribution in [3.63, 3.8) is 0 Å². The monoisotopic (exact) mass is 313 g/mol. The number of aromatic nitrogens is 1. The van der Waals surface area contributed by atoms with Crippen LogP contribution in [-0.2, 0) is 0 Å². The van der Waals surface area contributed by atoms with Gasteiger partial charge in [-0.25, -0.2) is 0 Å². The molecule has 3 rings (SSSR count). The Morgan fingerprint density at radius 2 is 1.78 bits per heavy atom. The zero-order chi connectivity index (χ0) is 16.2. The molecule has 2 aromatic rings. The predicted molar refractivity (Wildman–Crippen MR) is 85.4 cm³/mol. The lowest BCUT2D eigenvalue weighted by Crippen LogP contribution is -2.36. The van der Waals surface area contributed by atoms with E-state index < -0.39 is 5.91 Å². The van der Waals surface area contributed by atoms with Gasteiger partial charge in [-0.05, 0) is 37.1 Å². The van der Waals surface area contributed by atoms with E-state index in [0.29, 0.717) is 31.5 Å². The van der Waals surface area contributed by atoms with E-state index in [2.05, 4.69) is 9.89 Å². The number of carbonyl (C=O) groups excluding carboxylic acids is 1. The Labute approximate surface area is 133 Å². The van der Waals surface area contributed by atoms with Crippen LogP contribution in [0.1, 0.15) is 23.2 Å². The average molecular weight is 313 g/mol. The summed E-state index contributed by atoms with van der Waals surface area (Å²) in [7, 11) is 0. The molecule has 1 aliphatic rings. The van der Waals surface area contributed by atoms with Crippen molar-refractivity contribution in [3.05, 3.63) is 59.7 Å². The largest absolute Gasteiger partial charge is 0.427 e. The summed E-state index contributed by atoms with van der Waals surface area (Å²) in [6.07, 6.45) is 2.53. The van der Waals surface area contributed by atoms with E-state index >= 15 is 0 Å². The first kappa shape index (κ1) is 15.3. The topological polar surface area (TPSA) is 78.1 Å². The number of piperidine rings is 1. The van der Waals surface area contributed by atoms with Gasteiger partial charge in [0.25, 0.3) is 5.91 Å². The molecule has 0 saturated carbocycles. The molecule has 0 unspecified atom stereocenters. The number of benzene rings is 1. The summed E-state index contributed by atoms with van der Waals surface area (Å²) >= 11 is 0. The smallest absolute Gasteiger partial charge is 0.281 e. The second-order valence-corrected chi connectivity index (χ2v) is 5.56. The number of amides is 1. The molecule has 1 fully saturated rings. The van der Waals surface area contributed by atoms with Crippen molar-refractivity contribution in [2.45, 2.75) is 18.9 Å². The van der Waals surface area contributed by atoms with Gasteiger partial charge in [0.15, 0.2) is 5.49 Å². The minimum Gasteiger partial charge on any atom is -0.427 e. The molecule has 0 bridgehead atoms. The average Bonchev–Trinajstić information content (AvgIpc) is 2.58. The summed E-state index contributed by atoms with van der Waals surface area (Å²) in [6.45, 7) is 1.41. The fourth-order valence-corrected chi connectivity index (χ4v) is 2.72. The van der Waals surface area contributed by atoms with Crippen LogP contribution >= 0.6 is 0 Å². The molecule has 1 aromatic carbocycles. The van der Waals surface area contributed by atoms with Crippen molar-refractivity contribution in [1.29, 1.82) is 0 Å². The molecule has 23 heavy (non-hydrogen) atoms. The van der Waals surface area contributed by atoms with Gasteiger partial charge >= 0.3 is 0 Å². The first-order valence-electron chi connectivity index (χ1n) is 7.63. The second kappa shape index (κ2) is 6.66. The molecule has 0 atom stereocenters. The maximum atomic E-state index is 12.5. The second-order valence-electron chi connectivity index (χ2n) is 5.56. The summed E-state index contributed by atoms with van der Waals surface area (Å²) < 4.78 is 0.817. The van der Waals surface area contributed by atoms with Crippen LogP contribution in [0.3, 0.4) is 0 Å². The lowest BCUT2D eigenvalue weighted by atomic mass is 10.0. The molecule has 6 heteroatoms. The van der Waals surface area contributed by atoms with Gasteiger partial charge in [0.05, 0.1) is 11.7 Å². The Morgan fingerprint density at radius 1 is 1.09 bits per heavy atom. The van der Waals surface area contributed by atoms with Gasteiger partial charge in [-0.1, -0.05) is 18.2 Å². The zero-order valence-electron chi connectivity index (χ0n) is 12.7. The molecule has 2 heterocycles. The molecule has 0 radical (unpaired) electrons. The number of aliphatic hydroxyl groups is 1.